The number of ether oxygens (including phenoxy) is 1. The van der Waals surface area contributed by atoms with Crippen molar-refractivity contribution in [3.63, 3.8) is 0 Å². The fourth-order valence-electron chi connectivity index (χ4n) is 2.79. The Morgan fingerprint density at radius 1 is 1.15 bits per heavy atom. The van der Waals surface area contributed by atoms with Crippen molar-refractivity contribution in [3.8, 4) is 17.0 Å². The fraction of sp³-hybridized carbons (Fsp3) is 0.100. The SMILES string of the molecule is CCOc1ccc(-c2cc(C(=O)Nc3nncs3)c3ccccc3n2)cc1. The van der Waals surface area contributed by atoms with Gasteiger partial charge in [0, 0.05) is 10.9 Å². The predicted molar refractivity (Wildman–Crippen MR) is 106 cm³/mol. The zero-order chi connectivity index (χ0) is 18.6. The van der Waals surface area contributed by atoms with E-state index in [1.165, 1.54) is 11.3 Å². The first kappa shape index (κ1) is 17.1. The van der Waals surface area contributed by atoms with Crippen LogP contribution in [0.15, 0.2) is 60.1 Å². The Hall–Kier alpha value is -3.32. The molecule has 4 rings (SSSR count). The van der Waals surface area contributed by atoms with Crippen LogP contribution in [0, 0.1) is 0 Å². The van der Waals surface area contributed by atoms with E-state index in [1.54, 1.807) is 11.6 Å². The average molecular weight is 376 g/mol. The molecule has 0 aliphatic rings. The maximum atomic E-state index is 12.8. The van der Waals surface area contributed by atoms with E-state index in [2.05, 4.69) is 15.5 Å². The molecule has 1 amide bonds. The normalized spacial score (nSPS) is 10.7. The van der Waals surface area contributed by atoms with E-state index in [0.29, 0.717) is 17.3 Å². The molecule has 2 aromatic heterocycles. The predicted octanol–water partition coefficient (Wildman–Crippen LogP) is 4.40. The molecule has 134 valence electrons. The number of hydrogen-bond donors (Lipinski definition) is 1. The van der Waals surface area contributed by atoms with Gasteiger partial charge in [-0.25, -0.2) is 4.98 Å². The summed E-state index contributed by atoms with van der Waals surface area (Å²) >= 11 is 1.27. The topological polar surface area (TPSA) is 77.0 Å². The Balaban J connectivity index is 1.77. The highest BCUT2D eigenvalue weighted by Crippen LogP contribution is 2.27. The van der Waals surface area contributed by atoms with Gasteiger partial charge in [-0.3, -0.25) is 10.1 Å². The van der Waals surface area contributed by atoms with Crippen LogP contribution in [0.3, 0.4) is 0 Å². The summed E-state index contributed by atoms with van der Waals surface area (Å²) in [6, 6.07) is 17.1. The second kappa shape index (κ2) is 7.51. The Kier molecular flexibility index (Phi) is 4.76. The number of nitrogens with one attached hydrogen (secondary N) is 1. The van der Waals surface area contributed by atoms with Gasteiger partial charge in [0.2, 0.25) is 5.13 Å². The van der Waals surface area contributed by atoms with Crippen molar-refractivity contribution < 1.29 is 9.53 Å². The van der Waals surface area contributed by atoms with Gasteiger partial charge in [0.15, 0.2) is 0 Å². The molecule has 0 aliphatic carbocycles. The minimum atomic E-state index is -0.238. The zero-order valence-corrected chi connectivity index (χ0v) is 15.4. The summed E-state index contributed by atoms with van der Waals surface area (Å²) in [4.78, 5) is 17.5. The van der Waals surface area contributed by atoms with Crippen LogP contribution in [0.5, 0.6) is 5.75 Å². The molecule has 2 aromatic carbocycles. The lowest BCUT2D eigenvalue weighted by Gasteiger charge is -2.10. The number of para-hydroxylation sites is 1. The monoisotopic (exact) mass is 376 g/mol. The highest BCUT2D eigenvalue weighted by atomic mass is 32.1. The summed E-state index contributed by atoms with van der Waals surface area (Å²) < 4.78 is 5.49. The molecule has 4 aromatic rings. The summed E-state index contributed by atoms with van der Waals surface area (Å²) in [6.07, 6.45) is 0. The first-order chi connectivity index (χ1) is 13.2. The summed E-state index contributed by atoms with van der Waals surface area (Å²) in [6.45, 7) is 2.56. The summed E-state index contributed by atoms with van der Waals surface area (Å²) in [5, 5.41) is 11.7. The number of aromatic nitrogens is 3. The standard InChI is InChI=1S/C20H16N4O2S/c1-2-26-14-9-7-13(8-10-14)18-11-16(15-5-3-4-6-17(15)22-18)19(25)23-20-24-21-12-27-20/h3-12H,2H2,1H3,(H,23,24,25). The van der Waals surface area contributed by atoms with Crippen LogP contribution in [-0.2, 0) is 0 Å². The second-order valence-electron chi connectivity index (χ2n) is 5.73. The Bertz CT molecular complexity index is 1080. The summed E-state index contributed by atoms with van der Waals surface area (Å²) in [5.41, 5.74) is 4.50. The second-order valence-corrected chi connectivity index (χ2v) is 6.56. The molecule has 7 heteroatoms. The number of fused-ring (bicyclic) bond motifs is 1. The maximum absolute atomic E-state index is 12.8. The van der Waals surface area contributed by atoms with Crippen molar-refractivity contribution >= 4 is 33.3 Å². The van der Waals surface area contributed by atoms with Gasteiger partial charge < -0.3 is 4.74 Å². The number of hydrogen-bond acceptors (Lipinski definition) is 6. The van der Waals surface area contributed by atoms with Gasteiger partial charge in [-0.15, -0.1) is 10.2 Å². The summed E-state index contributed by atoms with van der Waals surface area (Å²) in [5.74, 6) is 0.564. The molecule has 0 atom stereocenters. The van der Waals surface area contributed by atoms with Crippen molar-refractivity contribution in [2.45, 2.75) is 6.92 Å². The van der Waals surface area contributed by atoms with Crippen molar-refractivity contribution in [2.75, 3.05) is 11.9 Å². The van der Waals surface area contributed by atoms with E-state index in [1.807, 2.05) is 55.5 Å². The number of benzene rings is 2. The molecule has 0 fully saturated rings. The molecule has 2 heterocycles. The number of carbonyl (C=O) groups excluding carboxylic acids is 1. The van der Waals surface area contributed by atoms with Crippen LogP contribution < -0.4 is 10.1 Å². The van der Waals surface area contributed by atoms with Crippen molar-refractivity contribution in [1.82, 2.24) is 15.2 Å². The minimum Gasteiger partial charge on any atom is -0.494 e. The van der Waals surface area contributed by atoms with Gasteiger partial charge in [-0.2, -0.15) is 0 Å². The first-order valence-electron chi connectivity index (χ1n) is 8.45. The molecule has 0 bridgehead atoms. The lowest BCUT2D eigenvalue weighted by molar-refractivity contribution is 0.102. The molecule has 0 unspecified atom stereocenters. The lowest BCUT2D eigenvalue weighted by Crippen LogP contribution is -2.13. The van der Waals surface area contributed by atoms with Crippen LogP contribution in [0.25, 0.3) is 22.2 Å². The van der Waals surface area contributed by atoms with E-state index in [4.69, 9.17) is 9.72 Å². The molecule has 0 saturated carbocycles. The maximum Gasteiger partial charge on any atom is 0.258 e. The molecule has 0 radical (unpaired) electrons. The third-order valence-electron chi connectivity index (χ3n) is 4.00. The highest BCUT2D eigenvalue weighted by molar-refractivity contribution is 7.13. The Labute approximate surface area is 159 Å². The van der Waals surface area contributed by atoms with Gasteiger partial charge in [-0.1, -0.05) is 29.5 Å². The van der Waals surface area contributed by atoms with Gasteiger partial charge in [0.05, 0.1) is 23.4 Å². The molecule has 0 spiro atoms. The fourth-order valence-corrected chi connectivity index (χ4v) is 3.23. The quantitative estimate of drug-likeness (QED) is 0.558. The van der Waals surface area contributed by atoms with Gasteiger partial charge in [0.25, 0.3) is 5.91 Å². The number of anilines is 1. The molecular weight excluding hydrogens is 360 g/mol. The van der Waals surface area contributed by atoms with Crippen LogP contribution in [-0.4, -0.2) is 27.7 Å². The van der Waals surface area contributed by atoms with Crippen molar-refractivity contribution in [2.24, 2.45) is 0 Å². The van der Waals surface area contributed by atoms with Crippen LogP contribution in [0.2, 0.25) is 0 Å². The number of nitrogens with zero attached hydrogens (tertiary/aromatic N) is 3. The highest BCUT2D eigenvalue weighted by Gasteiger charge is 2.15. The largest absolute Gasteiger partial charge is 0.494 e. The van der Waals surface area contributed by atoms with E-state index < -0.39 is 0 Å². The molecule has 27 heavy (non-hydrogen) atoms. The molecule has 0 saturated heterocycles. The smallest absolute Gasteiger partial charge is 0.258 e. The van der Waals surface area contributed by atoms with Crippen LogP contribution >= 0.6 is 11.3 Å². The first-order valence-corrected chi connectivity index (χ1v) is 9.33. The molecule has 6 nitrogen and oxygen atoms in total. The van der Waals surface area contributed by atoms with Gasteiger partial charge >= 0.3 is 0 Å². The van der Waals surface area contributed by atoms with Gasteiger partial charge in [0.1, 0.15) is 11.3 Å². The van der Waals surface area contributed by atoms with E-state index in [0.717, 1.165) is 27.9 Å². The Morgan fingerprint density at radius 2 is 1.96 bits per heavy atom. The van der Waals surface area contributed by atoms with Crippen molar-refractivity contribution in [3.05, 3.63) is 65.7 Å². The number of pyridine rings is 1. The summed E-state index contributed by atoms with van der Waals surface area (Å²) in [7, 11) is 0. The number of carbonyl (C=O) groups is 1. The minimum absolute atomic E-state index is 0.238. The zero-order valence-electron chi connectivity index (χ0n) is 14.5. The number of amides is 1. The van der Waals surface area contributed by atoms with E-state index >= 15 is 0 Å². The number of rotatable bonds is 5. The third kappa shape index (κ3) is 3.63. The molecular formula is C20H16N4O2S. The van der Waals surface area contributed by atoms with E-state index in [-0.39, 0.29) is 5.91 Å². The van der Waals surface area contributed by atoms with Crippen molar-refractivity contribution in [1.29, 1.82) is 0 Å². The van der Waals surface area contributed by atoms with Gasteiger partial charge in [-0.05, 0) is 43.3 Å². The third-order valence-corrected chi connectivity index (χ3v) is 4.61. The lowest BCUT2D eigenvalue weighted by atomic mass is 10.0. The average Bonchev–Trinajstić information content (AvgIpc) is 3.21. The molecule has 1 N–H and O–H groups in total. The van der Waals surface area contributed by atoms with E-state index in [9.17, 15) is 4.79 Å². The van der Waals surface area contributed by atoms with Crippen LogP contribution in [0.4, 0.5) is 5.13 Å². The molecule has 0 aliphatic heterocycles. The Morgan fingerprint density at radius 3 is 2.70 bits per heavy atom. The van der Waals surface area contributed by atoms with Crippen LogP contribution in [0.1, 0.15) is 17.3 Å².